The van der Waals surface area contributed by atoms with Gasteiger partial charge >= 0.3 is 18.1 Å². The molecule has 2 heterocycles. The van der Waals surface area contributed by atoms with Gasteiger partial charge in [-0.2, -0.15) is 13.2 Å². The van der Waals surface area contributed by atoms with Crippen LogP contribution >= 0.6 is 0 Å². The molecule has 0 atom stereocenters. The molecule has 1 aliphatic rings. The quantitative estimate of drug-likeness (QED) is 0.581. The number of carboxylic acids is 2. The first-order valence-corrected chi connectivity index (χ1v) is 11.2. The summed E-state index contributed by atoms with van der Waals surface area (Å²) in [6.07, 6.45) is -1.86. The zero-order valence-electron chi connectivity index (χ0n) is 17.4. The van der Waals surface area contributed by atoms with Crippen LogP contribution in [0.2, 0.25) is 0 Å². The fourth-order valence-corrected chi connectivity index (χ4v) is 4.00. The van der Waals surface area contributed by atoms with Gasteiger partial charge in [-0.3, -0.25) is 4.72 Å². The van der Waals surface area contributed by atoms with Crippen LogP contribution in [0.4, 0.5) is 24.7 Å². The van der Waals surface area contributed by atoms with Crippen LogP contribution in [0.15, 0.2) is 47.5 Å². The molecule has 9 nitrogen and oxygen atoms in total. The van der Waals surface area contributed by atoms with E-state index >= 15 is 0 Å². The van der Waals surface area contributed by atoms with Crippen LogP contribution in [0.25, 0.3) is 0 Å². The van der Waals surface area contributed by atoms with Crippen LogP contribution in [0.5, 0.6) is 0 Å². The summed E-state index contributed by atoms with van der Waals surface area (Å²) in [6, 6.07) is 9.29. The lowest BCUT2D eigenvalue weighted by Crippen LogP contribution is -2.34. The van der Waals surface area contributed by atoms with Crippen molar-refractivity contribution in [3.05, 3.63) is 48.2 Å². The van der Waals surface area contributed by atoms with E-state index in [1.54, 1.807) is 18.2 Å². The van der Waals surface area contributed by atoms with Crippen LogP contribution in [-0.4, -0.2) is 54.8 Å². The molecule has 3 rings (SSSR count). The molecule has 0 amide bonds. The van der Waals surface area contributed by atoms with E-state index in [1.165, 1.54) is 24.4 Å². The number of pyridine rings is 1. The highest BCUT2D eigenvalue weighted by atomic mass is 32.2. The predicted molar refractivity (Wildman–Crippen MR) is 113 cm³/mol. The Morgan fingerprint density at radius 2 is 1.67 bits per heavy atom. The molecule has 0 radical (unpaired) electrons. The molecule has 33 heavy (non-hydrogen) atoms. The molecule has 0 spiro atoms. The van der Waals surface area contributed by atoms with Gasteiger partial charge in [0.2, 0.25) is 0 Å². The number of aromatic carboxylic acids is 1. The monoisotopic (exact) mass is 489 g/mol. The molecule has 1 aromatic carbocycles. The molecular formula is C20H22F3N3O6S. The Morgan fingerprint density at radius 3 is 2.15 bits per heavy atom. The Morgan fingerprint density at radius 1 is 1.12 bits per heavy atom. The van der Waals surface area contributed by atoms with E-state index in [0.717, 1.165) is 25.9 Å². The number of halogens is 3. The van der Waals surface area contributed by atoms with Gasteiger partial charge in [-0.15, -0.1) is 0 Å². The number of anilines is 2. The van der Waals surface area contributed by atoms with Gasteiger partial charge < -0.3 is 15.1 Å². The second-order valence-electron chi connectivity index (χ2n) is 7.29. The molecular weight excluding hydrogens is 467 g/mol. The normalized spacial score (nSPS) is 14.7. The van der Waals surface area contributed by atoms with Gasteiger partial charge in [0.15, 0.2) is 5.82 Å². The number of nitrogens with zero attached hydrogens (tertiary/aromatic N) is 2. The van der Waals surface area contributed by atoms with E-state index in [2.05, 4.69) is 16.6 Å². The molecule has 1 fully saturated rings. The number of piperidine rings is 1. The number of carbonyl (C=O) groups is 2. The highest BCUT2D eigenvalue weighted by molar-refractivity contribution is 7.92. The van der Waals surface area contributed by atoms with Crippen molar-refractivity contribution in [1.82, 2.24) is 4.98 Å². The topological polar surface area (TPSA) is 137 Å². The first-order valence-electron chi connectivity index (χ1n) is 9.67. The van der Waals surface area contributed by atoms with E-state index in [9.17, 15) is 31.5 Å². The minimum absolute atomic E-state index is 0.0649. The molecule has 0 unspecified atom stereocenters. The predicted octanol–water partition coefficient (Wildman–Crippen LogP) is 3.45. The van der Waals surface area contributed by atoms with Crippen molar-refractivity contribution in [2.24, 2.45) is 5.92 Å². The first kappa shape index (κ1) is 25.9. The third kappa shape index (κ3) is 7.34. The largest absolute Gasteiger partial charge is 0.490 e. The lowest BCUT2D eigenvalue weighted by Gasteiger charge is -2.32. The number of aromatic nitrogens is 1. The third-order valence-corrected chi connectivity index (χ3v) is 6.12. The Bertz CT molecular complexity index is 1090. The number of benzene rings is 1. The summed E-state index contributed by atoms with van der Waals surface area (Å²) in [4.78, 5) is 26.5. The molecule has 180 valence electrons. The van der Waals surface area contributed by atoms with Crippen molar-refractivity contribution in [2.45, 2.75) is 30.8 Å². The fourth-order valence-electron chi connectivity index (χ4n) is 2.93. The second-order valence-corrected chi connectivity index (χ2v) is 8.97. The van der Waals surface area contributed by atoms with Gasteiger partial charge in [0.1, 0.15) is 0 Å². The number of nitrogens with one attached hydrogen (secondary N) is 1. The maximum atomic E-state index is 12.7. The van der Waals surface area contributed by atoms with Gasteiger partial charge in [0.05, 0.1) is 16.1 Å². The van der Waals surface area contributed by atoms with Crippen molar-refractivity contribution in [3.8, 4) is 0 Å². The van der Waals surface area contributed by atoms with Crippen molar-refractivity contribution < 1.29 is 41.4 Å². The number of aliphatic carboxylic acids is 1. The average Bonchev–Trinajstić information content (AvgIpc) is 2.74. The Balaban J connectivity index is 0.000000479. The van der Waals surface area contributed by atoms with Crippen molar-refractivity contribution >= 4 is 33.5 Å². The van der Waals surface area contributed by atoms with Crippen molar-refractivity contribution in [1.29, 1.82) is 0 Å². The Labute approximate surface area is 187 Å². The summed E-state index contributed by atoms with van der Waals surface area (Å²) in [7, 11) is -3.84. The highest BCUT2D eigenvalue weighted by Gasteiger charge is 2.38. The smallest absolute Gasteiger partial charge is 0.478 e. The van der Waals surface area contributed by atoms with Gasteiger partial charge in [-0.1, -0.05) is 25.1 Å². The Hall–Kier alpha value is -3.35. The van der Waals surface area contributed by atoms with Gasteiger partial charge in [0.25, 0.3) is 10.0 Å². The van der Waals surface area contributed by atoms with Crippen LogP contribution in [0, 0.1) is 5.92 Å². The van der Waals surface area contributed by atoms with Gasteiger partial charge in [-0.05, 0) is 37.0 Å². The number of hydrogen-bond donors (Lipinski definition) is 3. The number of carboxylic acid groups (broad SMARTS) is 2. The fraction of sp³-hybridized carbons (Fsp3) is 0.350. The zero-order chi connectivity index (χ0) is 24.8. The molecule has 2 aromatic rings. The number of rotatable bonds is 5. The number of alkyl halides is 3. The van der Waals surface area contributed by atoms with E-state index in [0.29, 0.717) is 11.7 Å². The van der Waals surface area contributed by atoms with E-state index < -0.39 is 28.1 Å². The summed E-state index contributed by atoms with van der Waals surface area (Å²) in [6.45, 7) is 3.68. The van der Waals surface area contributed by atoms with Crippen LogP contribution in [-0.2, 0) is 14.8 Å². The molecule has 1 aliphatic heterocycles. The van der Waals surface area contributed by atoms with E-state index in [4.69, 9.17) is 9.90 Å². The molecule has 0 saturated carbocycles. The molecule has 3 N–H and O–H groups in total. The number of hydrogen-bond acceptors (Lipinski definition) is 6. The molecule has 0 bridgehead atoms. The molecule has 13 heteroatoms. The van der Waals surface area contributed by atoms with Gasteiger partial charge in [-0.25, -0.2) is 23.0 Å². The summed E-state index contributed by atoms with van der Waals surface area (Å²) in [5.74, 6) is -2.85. The van der Waals surface area contributed by atoms with Crippen molar-refractivity contribution in [2.75, 3.05) is 22.7 Å². The molecule has 0 aliphatic carbocycles. The Kier molecular flexibility index (Phi) is 8.25. The summed E-state index contributed by atoms with van der Waals surface area (Å²) in [5, 5.41) is 16.4. The van der Waals surface area contributed by atoms with Crippen LogP contribution < -0.4 is 9.62 Å². The van der Waals surface area contributed by atoms with Crippen LogP contribution in [0.1, 0.15) is 30.1 Å². The second kappa shape index (κ2) is 10.5. The highest BCUT2D eigenvalue weighted by Crippen LogP contribution is 2.30. The lowest BCUT2D eigenvalue weighted by atomic mass is 9.99. The SMILES string of the molecule is CC1CCN(c2ncc(C(=O)O)cc2NS(=O)(=O)c2ccccc2)CC1.O=C(O)C(F)(F)F. The van der Waals surface area contributed by atoms with Crippen molar-refractivity contribution in [3.63, 3.8) is 0 Å². The minimum atomic E-state index is -5.08. The van der Waals surface area contributed by atoms with Crippen LogP contribution in [0.3, 0.4) is 0 Å². The summed E-state index contributed by atoms with van der Waals surface area (Å²) >= 11 is 0. The molecule has 1 saturated heterocycles. The minimum Gasteiger partial charge on any atom is -0.478 e. The standard InChI is InChI=1S/C18H21N3O4S.C2HF3O2/c1-13-7-9-21(10-8-13)17-16(11-14(12-19-17)18(22)23)20-26(24,25)15-5-3-2-4-6-15;3-2(4,5)1(6)7/h2-6,11-13,20H,7-10H2,1H3,(H,22,23);(H,6,7). The van der Waals surface area contributed by atoms with E-state index in [-0.39, 0.29) is 16.1 Å². The zero-order valence-corrected chi connectivity index (χ0v) is 18.2. The van der Waals surface area contributed by atoms with E-state index in [1.807, 2.05) is 4.90 Å². The number of sulfonamides is 1. The summed E-state index contributed by atoms with van der Waals surface area (Å²) < 4.78 is 59.6. The maximum absolute atomic E-state index is 12.7. The third-order valence-electron chi connectivity index (χ3n) is 4.74. The first-order chi connectivity index (χ1) is 15.3. The van der Waals surface area contributed by atoms with Gasteiger partial charge in [0, 0.05) is 19.3 Å². The maximum Gasteiger partial charge on any atom is 0.490 e. The average molecular weight is 489 g/mol. The summed E-state index contributed by atoms with van der Waals surface area (Å²) in [5.41, 5.74) is 0.119. The lowest BCUT2D eigenvalue weighted by molar-refractivity contribution is -0.192. The molecule has 1 aromatic heterocycles.